The highest BCUT2D eigenvalue weighted by atomic mass is 32.2. The van der Waals surface area contributed by atoms with Crippen molar-refractivity contribution in [3.05, 3.63) is 46.2 Å². The number of amidine groups is 2. The molecule has 3 rings (SSSR count). The summed E-state index contributed by atoms with van der Waals surface area (Å²) in [5.74, 6) is -2.01. The summed E-state index contributed by atoms with van der Waals surface area (Å²) in [6, 6.07) is 4.72. The summed E-state index contributed by atoms with van der Waals surface area (Å²) in [5, 5.41) is 12.1. The van der Waals surface area contributed by atoms with E-state index in [0.29, 0.717) is 4.90 Å². The van der Waals surface area contributed by atoms with Crippen LogP contribution in [0, 0.1) is 0 Å². The van der Waals surface area contributed by atoms with Gasteiger partial charge in [0.25, 0.3) is 5.91 Å². The Hall–Kier alpha value is -3.13. The lowest BCUT2D eigenvalue weighted by Crippen LogP contribution is -2.46. The number of halogens is 3. The Balaban J connectivity index is 2.08. The van der Waals surface area contributed by atoms with Crippen LogP contribution in [0.1, 0.15) is 21.3 Å². The summed E-state index contributed by atoms with van der Waals surface area (Å²) in [7, 11) is 0.851. The summed E-state index contributed by atoms with van der Waals surface area (Å²) in [5.41, 5.74) is -0.122. The molecule has 0 bridgehead atoms. The van der Waals surface area contributed by atoms with Crippen molar-refractivity contribution in [2.45, 2.75) is 12.2 Å². The topological polar surface area (TPSA) is 106 Å². The number of hydrogen-bond donors (Lipinski definition) is 1. The van der Waals surface area contributed by atoms with Crippen molar-refractivity contribution < 1.29 is 31.5 Å². The van der Waals surface area contributed by atoms with Gasteiger partial charge < -0.3 is 19.8 Å². The second-order valence-corrected chi connectivity index (χ2v) is 9.52. The van der Waals surface area contributed by atoms with Gasteiger partial charge in [-0.3, -0.25) is 4.79 Å². The number of carbonyl (C=O) groups is 1. The first-order valence-corrected chi connectivity index (χ1v) is 11.6. The number of aromatic hydroxyl groups is 1. The van der Waals surface area contributed by atoms with E-state index in [1.807, 2.05) is 0 Å². The Morgan fingerprint density at radius 1 is 1.06 bits per heavy atom. The molecule has 0 spiro atoms. The fourth-order valence-corrected chi connectivity index (χ4v) is 5.01. The molecule has 1 aliphatic rings. The standard InChI is InChI=1S/C19H20F3N5O4S2/c1-25(2)18(29)11-7-5-8-12(14(11)28)26(3)16-17(24-33(30,31)23-16)27(4)15(19(20,21)22)13-9-6-10-32-13/h5-10,15,28H,1-4H3/t15-/m0/s1. The lowest BCUT2D eigenvalue weighted by atomic mass is 10.1. The van der Waals surface area contributed by atoms with Gasteiger partial charge in [0, 0.05) is 33.1 Å². The van der Waals surface area contributed by atoms with Gasteiger partial charge in [-0.25, -0.2) is 0 Å². The molecule has 0 fully saturated rings. The second kappa shape index (κ2) is 8.67. The molecule has 1 aromatic heterocycles. The molecule has 178 valence electrons. The molecule has 1 N–H and O–H groups in total. The number of phenols is 1. The Morgan fingerprint density at radius 3 is 2.24 bits per heavy atom. The van der Waals surface area contributed by atoms with Crippen molar-refractivity contribution in [2.75, 3.05) is 33.1 Å². The number of amides is 1. The zero-order valence-electron chi connectivity index (χ0n) is 17.9. The molecule has 0 radical (unpaired) electrons. The summed E-state index contributed by atoms with van der Waals surface area (Å²) in [6.07, 6.45) is -4.75. The Kier molecular flexibility index (Phi) is 6.44. The van der Waals surface area contributed by atoms with Gasteiger partial charge in [-0.15, -0.1) is 20.1 Å². The molecule has 33 heavy (non-hydrogen) atoms. The molecule has 0 unspecified atom stereocenters. The monoisotopic (exact) mass is 503 g/mol. The van der Waals surface area contributed by atoms with Crippen molar-refractivity contribution in [1.82, 2.24) is 9.80 Å². The van der Waals surface area contributed by atoms with E-state index in [9.17, 15) is 31.5 Å². The number of likely N-dealkylation sites (N-methyl/N-ethyl adjacent to an activating group) is 2. The van der Waals surface area contributed by atoms with Crippen LogP contribution in [0.15, 0.2) is 44.5 Å². The van der Waals surface area contributed by atoms with Crippen LogP contribution in [0.5, 0.6) is 5.75 Å². The molecular formula is C19H20F3N5O4S2. The highest BCUT2D eigenvalue weighted by Crippen LogP contribution is 2.40. The minimum atomic E-state index is -4.75. The van der Waals surface area contributed by atoms with Crippen LogP contribution in [0.2, 0.25) is 0 Å². The second-order valence-electron chi connectivity index (χ2n) is 7.28. The molecule has 0 saturated carbocycles. The number of benzene rings is 1. The molecule has 1 amide bonds. The first-order valence-electron chi connectivity index (χ1n) is 9.30. The van der Waals surface area contributed by atoms with Crippen molar-refractivity contribution in [3.63, 3.8) is 0 Å². The fraction of sp³-hybridized carbons (Fsp3) is 0.316. The largest absolute Gasteiger partial charge is 0.505 e. The van der Waals surface area contributed by atoms with Crippen LogP contribution in [-0.4, -0.2) is 75.3 Å². The lowest BCUT2D eigenvalue weighted by molar-refractivity contribution is -0.172. The van der Waals surface area contributed by atoms with Crippen molar-refractivity contribution >= 4 is 44.8 Å². The quantitative estimate of drug-likeness (QED) is 0.688. The van der Waals surface area contributed by atoms with Crippen LogP contribution in [0.25, 0.3) is 0 Å². The van der Waals surface area contributed by atoms with Crippen LogP contribution in [-0.2, 0) is 10.2 Å². The lowest BCUT2D eigenvalue weighted by Gasteiger charge is -2.32. The van der Waals surface area contributed by atoms with E-state index >= 15 is 0 Å². The average Bonchev–Trinajstić information content (AvgIpc) is 3.33. The van der Waals surface area contributed by atoms with E-state index in [-0.39, 0.29) is 16.1 Å². The first-order chi connectivity index (χ1) is 15.2. The van der Waals surface area contributed by atoms with Crippen LogP contribution in [0.4, 0.5) is 18.9 Å². The van der Waals surface area contributed by atoms with Gasteiger partial charge in [0.05, 0.1) is 11.3 Å². The van der Waals surface area contributed by atoms with E-state index in [2.05, 4.69) is 8.80 Å². The SMILES string of the molecule is CN(C)C(=O)c1cccc(N(C)C2=NS(=O)(=O)N=C2N(C)[C@@H](c2cccs2)C(F)(F)F)c1O. The molecule has 9 nitrogen and oxygen atoms in total. The number of phenolic OH excluding ortho intramolecular Hbond substituents is 1. The summed E-state index contributed by atoms with van der Waals surface area (Å²) >= 11 is 0.859. The zero-order chi connectivity index (χ0) is 24.7. The zero-order valence-corrected chi connectivity index (χ0v) is 19.5. The number of nitrogens with zero attached hydrogens (tertiary/aromatic N) is 5. The number of alkyl halides is 3. The van der Waals surface area contributed by atoms with Gasteiger partial charge in [-0.2, -0.15) is 21.6 Å². The number of para-hydroxylation sites is 1. The number of anilines is 1. The van der Waals surface area contributed by atoms with E-state index in [0.717, 1.165) is 23.3 Å². The van der Waals surface area contributed by atoms with Crippen molar-refractivity contribution in [1.29, 1.82) is 0 Å². The molecule has 2 aromatic rings. The highest BCUT2D eigenvalue weighted by molar-refractivity contribution is 7.89. The molecule has 1 aliphatic heterocycles. The van der Waals surface area contributed by atoms with E-state index in [1.54, 1.807) is 0 Å². The molecular weight excluding hydrogens is 483 g/mol. The number of thiophene rings is 1. The van der Waals surface area contributed by atoms with Crippen molar-refractivity contribution in [2.24, 2.45) is 8.80 Å². The molecule has 0 aliphatic carbocycles. The molecule has 2 heterocycles. The molecule has 14 heteroatoms. The highest BCUT2D eigenvalue weighted by Gasteiger charge is 2.47. The van der Waals surface area contributed by atoms with Crippen LogP contribution in [0.3, 0.4) is 0 Å². The summed E-state index contributed by atoms with van der Waals surface area (Å²) < 4.78 is 73.1. The predicted octanol–water partition coefficient (Wildman–Crippen LogP) is 2.88. The van der Waals surface area contributed by atoms with Gasteiger partial charge in [0.1, 0.15) is 0 Å². The van der Waals surface area contributed by atoms with E-state index in [1.165, 1.54) is 61.8 Å². The fourth-order valence-electron chi connectivity index (χ4n) is 3.22. The minimum absolute atomic E-state index is 0.0423. The number of hydrogen-bond acceptors (Lipinski definition) is 7. The molecule has 0 saturated heterocycles. The number of carbonyl (C=O) groups excluding carboxylic acids is 1. The predicted molar refractivity (Wildman–Crippen MR) is 119 cm³/mol. The van der Waals surface area contributed by atoms with Crippen LogP contribution < -0.4 is 4.90 Å². The maximum absolute atomic E-state index is 13.9. The third-order valence-electron chi connectivity index (χ3n) is 4.78. The molecule has 1 aromatic carbocycles. The molecule has 1 atom stereocenters. The maximum Gasteiger partial charge on any atom is 0.413 e. The third kappa shape index (κ3) is 4.80. The summed E-state index contributed by atoms with van der Waals surface area (Å²) in [6.45, 7) is 0. The Labute approximate surface area is 192 Å². The van der Waals surface area contributed by atoms with Crippen LogP contribution >= 0.6 is 11.3 Å². The van der Waals surface area contributed by atoms with E-state index < -0.39 is 45.8 Å². The summed E-state index contributed by atoms with van der Waals surface area (Å²) in [4.78, 5) is 15.2. The Bertz CT molecular complexity index is 1220. The minimum Gasteiger partial charge on any atom is -0.505 e. The van der Waals surface area contributed by atoms with E-state index in [4.69, 9.17) is 0 Å². The normalized spacial score (nSPS) is 16.1. The Morgan fingerprint density at radius 2 is 1.70 bits per heavy atom. The number of rotatable bonds is 4. The van der Waals surface area contributed by atoms with Gasteiger partial charge in [0.15, 0.2) is 23.5 Å². The van der Waals surface area contributed by atoms with Crippen molar-refractivity contribution in [3.8, 4) is 5.75 Å². The smallest absolute Gasteiger partial charge is 0.413 e. The third-order valence-corrected chi connectivity index (χ3v) is 6.51. The van der Waals surface area contributed by atoms with Gasteiger partial charge >= 0.3 is 16.4 Å². The van der Waals surface area contributed by atoms with Gasteiger partial charge in [-0.1, -0.05) is 12.1 Å². The average molecular weight is 504 g/mol. The van der Waals surface area contributed by atoms with Gasteiger partial charge in [-0.05, 0) is 23.6 Å². The first kappa shape index (κ1) is 24.5. The maximum atomic E-state index is 13.9. The van der Waals surface area contributed by atoms with Gasteiger partial charge in [0.2, 0.25) is 0 Å².